The van der Waals surface area contributed by atoms with Gasteiger partial charge in [-0.15, -0.1) is 0 Å². The molecular weight excluding hydrogens is 355 g/mol. The van der Waals surface area contributed by atoms with E-state index in [1.165, 1.54) is 5.57 Å². The number of ketones is 1. The fraction of sp³-hybridized carbons (Fsp3) is 0.150. The van der Waals surface area contributed by atoms with Crippen LogP contribution < -0.4 is 5.32 Å². The summed E-state index contributed by atoms with van der Waals surface area (Å²) in [6, 6.07) is 13.0. The van der Waals surface area contributed by atoms with E-state index in [4.69, 9.17) is 23.2 Å². The number of fused-ring (bicyclic) bond motifs is 1. The van der Waals surface area contributed by atoms with E-state index in [1.54, 1.807) is 18.2 Å². The summed E-state index contributed by atoms with van der Waals surface area (Å²) in [4.78, 5) is 13.2. The van der Waals surface area contributed by atoms with Gasteiger partial charge in [-0.05, 0) is 48.9 Å². The number of halogens is 2. The molecule has 0 radical (unpaired) electrons. The number of nitrogens with zero attached hydrogens (tertiary/aromatic N) is 1. The van der Waals surface area contributed by atoms with Crippen LogP contribution >= 0.6 is 23.2 Å². The Bertz CT molecular complexity index is 984. The van der Waals surface area contributed by atoms with Crippen LogP contribution in [0, 0.1) is 0 Å². The number of carbonyl (C=O) groups excluding carboxylic acids is 1. The van der Waals surface area contributed by atoms with Crippen LogP contribution in [0.25, 0.3) is 11.1 Å². The standard InChI is InChI=1S/C20H16Cl2N2O/c21-15-4-3-5-16(22)19(15)20(25)18-12-14(13-7-9-23-10-8-13)17-6-1-2-11-24(17)18/h1-7,11-12,23H,8-10H2. The van der Waals surface area contributed by atoms with Crippen molar-refractivity contribution in [1.29, 1.82) is 0 Å². The molecule has 0 spiro atoms. The number of nitrogens with one attached hydrogen (secondary N) is 1. The summed E-state index contributed by atoms with van der Waals surface area (Å²) in [5.74, 6) is -0.169. The third-order valence-corrected chi connectivity index (χ3v) is 5.14. The summed E-state index contributed by atoms with van der Waals surface area (Å²) in [5.41, 5.74) is 4.28. The van der Waals surface area contributed by atoms with E-state index in [2.05, 4.69) is 11.4 Å². The van der Waals surface area contributed by atoms with Crippen LogP contribution in [0.4, 0.5) is 0 Å². The average Bonchev–Trinajstić information content (AvgIpc) is 3.02. The molecule has 0 saturated carbocycles. The van der Waals surface area contributed by atoms with Gasteiger partial charge >= 0.3 is 0 Å². The first kappa shape index (κ1) is 16.4. The lowest BCUT2D eigenvalue weighted by atomic mass is 10.0. The smallest absolute Gasteiger partial charge is 0.212 e. The van der Waals surface area contributed by atoms with Crippen molar-refractivity contribution in [2.24, 2.45) is 0 Å². The Kier molecular flexibility index (Phi) is 4.38. The number of carbonyl (C=O) groups is 1. The van der Waals surface area contributed by atoms with Gasteiger partial charge in [-0.3, -0.25) is 4.79 Å². The normalized spacial score (nSPS) is 14.6. The lowest BCUT2D eigenvalue weighted by Crippen LogP contribution is -2.19. The molecule has 0 bridgehead atoms. The minimum Gasteiger partial charge on any atom is -0.313 e. The van der Waals surface area contributed by atoms with Gasteiger partial charge in [0, 0.05) is 18.3 Å². The number of pyridine rings is 1. The van der Waals surface area contributed by atoms with Gasteiger partial charge in [-0.1, -0.05) is 41.4 Å². The van der Waals surface area contributed by atoms with E-state index in [0.717, 1.165) is 30.6 Å². The third kappa shape index (κ3) is 2.89. The van der Waals surface area contributed by atoms with Crippen molar-refractivity contribution in [2.45, 2.75) is 6.42 Å². The van der Waals surface area contributed by atoms with Crippen molar-refractivity contribution in [3.63, 3.8) is 0 Å². The van der Waals surface area contributed by atoms with E-state index in [-0.39, 0.29) is 5.78 Å². The molecular formula is C20H16Cl2N2O. The third-order valence-electron chi connectivity index (χ3n) is 4.51. The van der Waals surface area contributed by atoms with Crippen LogP contribution in [0.3, 0.4) is 0 Å². The molecule has 1 aliphatic heterocycles. The molecule has 3 aromatic rings. The molecule has 0 atom stereocenters. The van der Waals surface area contributed by atoms with Crippen molar-refractivity contribution in [1.82, 2.24) is 9.72 Å². The largest absolute Gasteiger partial charge is 0.313 e. The minimum absolute atomic E-state index is 0.169. The molecule has 3 nitrogen and oxygen atoms in total. The van der Waals surface area contributed by atoms with Gasteiger partial charge in [-0.25, -0.2) is 0 Å². The number of aromatic nitrogens is 1. The van der Waals surface area contributed by atoms with E-state index >= 15 is 0 Å². The molecule has 4 rings (SSSR count). The predicted molar refractivity (Wildman–Crippen MR) is 103 cm³/mol. The summed E-state index contributed by atoms with van der Waals surface area (Å²) >= 11 is 12.5. The molecule has 1 aliphatic rings. The fourth-order valence-electron chi connectivity index (χ4n) is 3.30. The highest BCUT2D eigenvalue weighted by Crippen LogP contribution is 2.31. The monoisotopic (exact) mass is 370 g/mol. The molecule has 2 aromatic heterocycles. The van der Waals surface area contributed by atoms with Gasteiger partial charge < -0.3 is 9.72 Å². The highest BCUT2D eigenvalue weighted by molar-refractivity contribution is 6.41. The second-order valence-electron chi connectivity index (χ2n) is 6.01. The summed E-state index contributed by atoms with van der Waals surface area (Å²) in [7, 11) is 0. The Balaban J connectivity index is 1.91. The van der Waals surface area contributed by atoms with Crippen molar-refractivity contribution >= 4 is 40.1 Å². The number of rotatable bonds is 3. The van der Waals surface area contributed by atoms with Gasteiger partial charge in [0.25, 0.3) is 0 Å². The lowest BCUT2D eigenvalue weighted by molar-refractivity contribution is 0.103. The highest BCUT2D eigenvalue weighted by Gasteiger charge is 2.22. The molecule has 5 heteroatoms. The summed E-state index contributed by atoms with van der Waals surface area (Å²) in [6.07, 6.45) is 5.02. The molecule has 1 N–H and O–H groups in total. The fourth-order valence-corrected chi connectivity index (χ4v) is 3.86. The second-order valence-corrected chi connectivity index (χ2v) is 6.82. The van der Waals surface area contributed by atoms with Crippen molar-refractivity contribution in [3.8, 4) is 0 Å². The maximum Gasteiger partial charge on any atom is 0.212 e. The quantitative estimate of drug-likeness (QED) is 0.668. The molecule has 0 unspecified atom stereocenters. The molecule has 25 heavy (non-hydrogen) atoms. The Morgan fingerprint density at radius 1 is 1.08 bits per heavy atom. The number of hydrogen-bond acceptors (Lipinski definition) is 2. The minimum atomic E-state index is -0.169. The molecule has 0 saturated heterocycles. The van der Waals surface area contributed by atoms with Crippen LogP contribution in [-0.4, -0.2) is 23.3 Å². The van der Waals surface area contributed by atoms with Crippen molar-refractivity contribution < 1.29 is 4.79 Å². The predicted octanol–water partition coefficient (Wildman–Crippen LogP) is 4.85. The van der Waals surface area contributed by atoms with Crippen LogP contribution in [0.2, 0.25) is 10.0 Å². The SMILES string of the molecule is O=C(c1c(Cl)cccc1Cl)c1cc(C2=CCNCC2)c2ccccn12. The maximum atomic E-state index is 13.2. The molecule has 0 fully saturated rings. The highest BCUT2D eigenvalue weighted by atomic mass is 35.5. The zero-order valence-corrected chi connectivity index (χ0v) is 14.9. The Hall–Kier alpha value is -2.07. The topological polar surface area (TPSA) is 33.5 Å². The maximum absolute atomic E-state index is 13.2. The van der Waals surface area contributed by atoms with Crippen LogP contribution in [-0.2, 0) is 0 Å². The zero-order chi connectivity index (χ0) is 17.4. The van der Waals surface area contributed by atoms with E-state index in [9.17, 15) is 4.79 Å². The van der Waals surface area contributed by atoms with Crippen molar-refractivity contribution in [2.75, 3.05) is 13.1 Å². The first-order valence-corrected chi connectivity index (χ1v) is 8.91. The van der Waals surface area contributed by atoms with Gasteiger partial charge in [-0.2, -0.15) is 0 Å². The second kappa shape index (κ2) is 6.68. The van der Waals surface area contributed by atoms with Crippen molar-refractivity contribution in [3.05, 3.63) is 81.6 Å². The Morgan fingerprint density at radius 3 is 2.60 bits per heavy atom. The Labute approximate surface area is 155 Å². The van der Waals surface area contributed by atoms with E-state index in [0.29, 0.717) is 21.3 Å². The molecule has 0 aliphatic carbocycles. The van der Waals surface area contributed by atoms with Gasteiger partial charge in [0.15, 0.2) is 0 Å². The first-order valence-electron chi connectivity index (χ1n) is 8.16. The molecule has 0 amide bonds. The number of benzene rings is 1. The average molecular weight is 371 g/mol. The summed E-state index contributed by atoms with van der Waals surface area (Å²) < 4.78 is 1.92. The van der Waals surface area contributed by atoms with Gasteiger partial charge in [0.05, 0.1) is 26.8 Å². The number of hydrogen-bond donors (Lipinski definition) is 1. The van der Waals surface area contributed by atoms with E-state index < -0.39 is 0 Å². The Morgan fingerprint density at radius 2 is 1.88 bits per heavy atom. The van der Waals surface area contributed by atoms with E-state index in [1.807, 2.05) is 34.9 Å². The van der Waals surface area contributed by atoms with Gasteiger partial charge in [0.1, 0.15) is 0 Å². The summed E-state index contributed by atoms with van der Waals surface area (Å²) in [6.45, 7) is 1.79. The molecule has 3 heterocycles. The van der Waals surface area contributed by atoms with Crippen LogP contribution in [0.15, 0.2) is 54.7 Å². The first-order chi connectivity index (χ1) is 12.2. The molecule has 1 aromatic carbocycles. The zero-order valence-electron chi connectivity index (χ0n) is 13.4. The lowest BCUT2D eigenvalue weighted by Gasteiger charge is -2.13. The van der Waals surface area contributed by atoms with Crippen LogP contribution in [0.5, 0.6) is 0 Å². The summed E-state index contributed by atoms with van der Waals surface area (Å²) in [5, 5.41) is 4.05. The van der Waals surface area contributed by atoms with Crippen LogP contribution in [0.1, 0.15) is 28.0 Å². The molecule has 126 valence electrons. The van der Waals surface area contributed by atoms with Gasteiger partial charge in [0.2, 0.25) is 5.78 Å².